The third kappa shape index (κ3) is 35.8. The minimum atomic E-state index is -1.78. The van der Waals surface area contributed by atoms with Gasteiger partial charge in [0.05, 0.1) is 32.0 Å². The number of rotatable bonds is 53. The van der Waals surface area contributed by atoms with Crippen LogP contribution in [0, 0.1) is 0 Å². The van der Waals surface area contributed by atoms with Crippen molar-refractivity contribution in [3.8, 4) is 0 Å². The number of carbonyl (C=O) groups is 1. The number of aliphatic hydroxyl groups excluding tert-OH is 8. The number of aliphatic hydroxyl groups is 8. The lowest BCUT2D eigenvalue weighted by molar-refractivity contribution is -0.359. The van der Waals surface area contributed by atoms with Gasteiger partial charge in [-0.05, 0) is 51.4 Å². The molecule has 12 atom stereocenters. The normalized spacial score (nSPS) is 24.6. The quantitative estimate of drug-likeness (QED) is 0.0204. The average Bonchev–Trinajstić information content (AvgIpc) is 3.47. The highest BCUT2D eigenvalue weighted by Gasteiger charge is 2.51. The van der Waals surface area contributed by atoms with Gasteiger partial charge in [0.15, 0.2) is 12.6 Å². The fourth-order valence-corrected chi connectivity index (χ4v) is 10.8. The first-order valence-electron chi connectivity index (χ1n) is 32.7. The summed E-state index contributed by atoms with van der Waals surface area (Å²) in [6, 6.07) is -0.832. The molecule has 9 N–H and O–H groups in total. The number of amides is 1. The Morgan fingerprint density at radius 1 is 0.456 bits per heavy atom. The Balaban J connectivity index is 1.71. The van der Waals surface area contributed by atoms with Crippen molar-refractivity contribution in [2.75, 3.05) is 19.8 Å². The van der Waals surface area contributed by atoms with Crippen molar-refractivity contribution in [3.05, 3.63) is 36.5 Å². The second-order valence-corrected chi connectivity index (χ2v) is 23.2. The molecule has 0 aliphatic carbocycles. The van der Waals surface area contributed by atoms with Crippen molar-refractivity contribution in [2.45, 2.75) is 351 Å². The van der Waals surface area contributed by atoms with Crippen molar-refractivity contribution in [1.29, 1.82) is 0 Å². The standard InChI is InChI=1S/C65H121NO13/c1-3-5-7-9-11-13-15-17-19-21-23-25-26-27-28-29-31-33-35-37-39-41-43-45-47-49-57(70)66-53(54(69)48-46-44-42-40-38-36-34-32-30-24-22-20-18-16-14-12-10-8-6-4-2)52-76-64-62(75)60(73)63(56(51-68)78-64)79-65-61(74)59(72)58(71)55(50-67)77-65/h15,17,21,23,26-27,53-56,58-65,67-69,71-75H,3-14,16,18-20,22,24-25,28-52H2,1-2H3,(H,66,70)/b17-15-,23-21-,27-26-. The van der Waals surface area contributed by atoms with Gasteiger partial charge >= 0.3 is 0 Å². The summed E-state index contributed by atoms with van der Waals surface area (Å²) in [5.41, 5.74) is 0. The summed E-state index contributed by atoms with van der Waals surface area (Å²) in [6.07, 6.45) is 45.7. The average molecular weight is 1120 g/mol. The van der Waals surface area contributed by atoms with E-state index in [1.54, 1.807) is 0 Å². The van der Waals surface area contributed by atoms with E-state index in [0.29, 0.717) is 12.8 Å². The topological polar surface area (TPSA) is 228 Å². The fourth-order valence-electron chi connectivity index (χ4n) is 10.8. The van der Waals surface area contributed by atoms with E-state index < -0.39 is 86.8 Å². The van der Waals surface area contributed by atoms with Gasteiger partial charge in [-0.1, -0.05) is 256 Å². The molecule has 0 bridgehead atoms. The second kappa shape index (κ2) is 50.7. The number of allylic oxidation sites excluding steroid dienone is 6. The van der Waals surface area contributed by atoms with Gasteiger partial charge < -0.3 is 65.1 Å². The first-order valence-corrected chi connectivity index (χ1v) is 32.7. The molecule has 1 amide bonds. The van der Waals surface area contributed by atoms with Crippen LogP contribution >= 0.6 is 0 Å². The maximum Gasteiger partial charge on any atom is 0.220 e. The van der Waals surface area contributed by atoms with Gasteiger partial charge in [-0.3, -0.25) is 4.79 Å². The van der Waals surface area contributed by atoms with Gasteiger partial charge in [-0.2, -0.15) is 0 Å². The smallest absolute Gasteiger partial charge is 0.220 e. The van der Waals surface area contributed by atoms with Crippen LogP contribution in [0.2, 0.25) is 0 Å². The maximum absolute atomic E-state index is 13.3. The minimum absolute atomic E-state index is 0.208. The number of hydrogen-bond donors (Lipinski definition) is 9. The molecular formula is C65H121NO13. The number of hydrogen-bond acceptors (Lipinski definition) is 13. The summed E-state index contributed by atoms with van der Waals surface area (Å²) in [6.45, 7) is 2.88. The van der Waals surface area contributed by atoms with Crippen molar-refractivity contribution < 1.29 is 64.6 Å². The molecule has 0 aromatic rings. The molecule has 464 valence electrons. The molecule has 2 aliphatic rings. The molecule has 12 unspecified atom stereocenters. The molecule has 0 radical (unpaired) electrons. The fraction of sp³-hybridized carbons (Fsp3) is 0.892. The van der Waals surface area contributed by atoms with Crippen molar-refractivity contribution in [2.24, 2.45) is 0 Å². The molecule has 0 saturated carbocycles. The molecule has 2 heterocycles. The monoisotopic (exact) mass is 1120 g/mol. The van der Waals surface area contributed by atoms with Crippen LogP contribution in [0.3, 0.4) is 0 Å². The van der Waals surface area contributed by atoms with Crippen LogP contribution in [0.25, 0.3) is 0 Å². The van der Waals surface area contributed by atoms with Gasteiger partial charge in [0.1, 0.15) is 48.8 Å². The van der Waals surface area contributed by atoms with E-state index >= 15 is 0 Å². The molecule has 0 aromatic carbocycles. The van der Waals surface area contributed by atoms with Crippen LogP contribution in [0.4, 0.5) is 0 Å². The molecule has 0 aromatic heterocycles. The maximum atomic E-state index is 13.3. The van der Waals surface area contributed by atoms with E-state index in [2.05, 4.69) is 55.6 Å². The van der Waals surface area contributed by atoms with Crippen LogP contribution in [0.5, 0.6) is 0 Å². The molecule has 2 rings (SSSR count). The summed E-state index contributed by atoms with van der Waals surface area (Å²) < 4.78 is 22.9. The first-order chi connectivity index (χ1) is 38.6. The van der Waals surface area contributed by atoms with Crippen LogP contribution in [-0.4, -0.2) is 140 Å². The number of unbranched alkanes of at least 4 members (excludes halogenated alkanes) is 34. The van der Waals surface area contributed by atoms with E-state index in [-0.39, 0.29) is 12.5 Å². The largest absolute Gasteiger partial charge is 0.394 e. The second-order valence-electron chi connectivity index (χ2n) is 23.2. The zero-order valence-corrected chi connectivity index (χ0v) is 50.1. The van der Waals surface area contributed by atoms with E-state index in [9.17, 15) is 45.6 Å². The highest BCUT2D eigenvalue weighted by molar-refractivity contribution is 5.76. The summed E-state index contributed by atoms with van der Waals surface area (Å²) in [5, 5.41) is 87.5. The highest BCUT2D eigenvalue weighted by Crippen LogP contribution is 2.30. The molecule has 2 aliphatic heterocycles. The highest BCUT2D eigenvalue weighted by atomic mass is 16.7. The molecule has 0 spiro atoms. The van der Waals surface area contributed by atoms with Gasteiger partial charge in [-0.25, -0.2) is 0 Å². The van der Waals surface area contributed by atoms with Gasteiger partial charge in [0.25, 0.3) is 0 Å². The molecule has 14 heteroatoms. The zero-order chi connectivity index (χ0) is 57.4. The van der Waals surface area contributed by atoms with Crippen molar-refractivity contribution >= 4 is 5.91 Å². The van der Waals surface area contributed by atoms with Gasteiger partial charge in [-0.15, -0.1) is 0 Å². The summed E-state index contributed by atoms with van der Waals surface area (Å²) in [4.78, 5) is 13.3. The third-order valence-corrected chi connectivity index (χ3v) is 16.1. The Hall–Kier alpha value is -1.79. The Morgan fingerprint density at radius 3 is 1.28 bits per heavy atom. The van der Waals surface area contributed by atoms with E-state index in [1.807, 2.05) is 0 Å². The number of nitrogens with one attached hydrogen (secondary N) is 1. The van der Waals surface area contributed by atoms with Crippen LogP contribution in [0.15, 0.2) is 36.5 Å². The first kappa shape index (κ1) is 73.3. The number of carbonyl (C=O) groups excluding carboxylic acids is 1. The van der Waals surface area contributed by atoms with Crippen LogP contribution in [-0.2, 0) is 23.7 Å². The van der Waals surface area contributed by atoms with E-state index in [0.717, 1.165) is 70.6 Å². The Morgan fingerprint density at radius 2 is 0.835 bits per heavy atom. The van der Waals surface area contributed by atoms with E-state index in [4.69, 9.17) is 18.9 Å². The predicted molar refractivity (Wildman–Crippen MR) is 318 cm³/mol. The lowest BCUT2D eigenvalue weighted by Crippen LogP contribution is -2.65. The molecule has 14 nitrogen and oxygen atoms in total. The molecular weight excluding hydrogens is 1000 g/mol. The van der Waals surface area contributed by atoms with Gasteiger partial charge in [0, 0.05) is 6.42 Å². The molecule has 79 heavy (non-hydrogen) atoms. The molecule has 2 fully saturated rings. The Labute approximate surface area is 481 Å². The Bertz CT molecular complexity index is 1460. The van der Waals surface area contributed by atoms with Crippen LogP contribution in [0.1, 0.15) is 277 Å². The molecule has 2 saturated heterocycles. The number of ether oxygens (including phenoxy) is 4. The summed E-state index contributed by atoms with van der Waals surface area (Å²) in [7, 11) is 0. The Kier molecular flexibility index (Phi) is 47.0. The lowest BCUT2D eigenvalue weighted by atomic mass is 9.97. The van der Waals surface area contributed by atoms with Crippen molar-refractivity contribution in [3.63, 3.8) is 0 Å². The predicted octanol–water partition coefficient (Wildman–Crippen LogP) is 12.2. The lowest BCUT2D eigenvalue weighted by Gasteiger charge is -2.46. The zero-order valence-electron chi connectivity index (χ0n) is 50.1. The minimum Gasteiger partial charge on any atom is -0.394 e. The van der Waals surface area contributed by atoms with Crippen LogP contribution < -0.4 is 5.32 Å². The summed E-state index contributed by atoms with van der Waals surface area (Å²) in [5.74, 6) is -0.208. The van der Waals surface area contributed by atoms with Crippen molar-refractivity contribution in [1.82, 2.24) is 5.32 Å². The van der Waals surface area contributed by atoms with E-state index in [1.165, 1.54) is 180 Å². The third-order valence-electron chi connectivity index (χ3n) is 16.1. The summed E-state index contributed by atoms with van der Waals surface area (Å²) >= 11 is 0. The van der Waals surface area contributed by atoms with Gasteiger partial charge in [0.2, 0.25) is 5.91 Å². The SMILES string of the molecule is CCCCCCC/C=C\C/C=C\C/C=C\CCCCCCCCCCCCC(=O)NC(COC1OC(CO)C(OC2OC(CO)C(O)C(O)C2O)C(O)C1O)C(O)CCCCCCCCCCCCCCCCCCCCCC.